The number of fused-ring (bicyclic) bond motifs is 4. The van der Waals surface area contributed by atoms with Crippen molar-refractivity contribution in [3.63, 3.8) is 0 Å². The zero-order chi connectivity index (χ0) is 28.6. The van der Waals surface area contributed by atoms with Crippen LogP contribution in [-0.4, -0.2) is 61.2 Å². The molecule has 1 fully saturated rings. The van der Waals surface area contributed by atoms with E-state index in [1.165, 1.54) is 0 Å². The lowest BCUT2D eigenvalue weighted by atomic mass is 9.73. The largest absolute Gasteiger partial charge is 0.405 e. The number of nitrogens with zero attached hydrogens (tertiary/aromatic N) is 3. The highest BCUT2D eigenvalue weighted by Crippen LogP contribution is 2.51. The molecule has 0 spiro atoms. The van der Waals surface area contributed by atoms with Crippen molar-refractivity contribution in [2.24, 2.45) is 0 Å². The van der Waals surface area contributed by atoms with Crippen molar-refractivity contribution >= 4 is 44.2 Å². The number of amides is 1. The number of anilines is 1. The molecule has 0 radical (unpaired) electrons. The quantitative estimate of drug-likeness (QED) is 0.225. The Hall–Kier alpha value is -3.14. The van der Waals surface area contributed by atoms with E-state index in [2.05, 4.69) is 15.1 Å². The van der Waals surface area contributed by atoms with Crippen LogP contribution in [-0.2, 0) is 10.2 Å². The van der Waals surface area contributed by atoms with Gasteiger partial charge in [0.05, 0.1) is 10.2 Å². The summed E-state index contributed by atoms with van der Waals surface area (Å²) in [6.07, 6.45) is -2.48. The van der Waals surface area contributed by atoms with Crippen LogP contribution in [0.25, 0.3) is 21.3 Å². The zero-order valence-corrected chi connectivity index (χ0v) is 24.0. The highest BCUT2D eigenvalue weighted by atomic mass is 35.5. The molecule has 1 saturated heterocycles. The number of piperazine rings is 1. The maximum atomic E-state index is 13.7. The number of unbranched alkanes of at least 4 members (excludes halogenated alkanes) is 1. The third-order valence-electron chi connectivity index (χ3n) is 8.16. The zero-order valence-electron chi connectivity index (χ0n) is 22.4. The Morgan fingerprint density at radius 1 is 0.951 bits per heavy atom. The third-order valence-corrected chi connectivity index (χ3v) is 9.49. The molecular formula is C31H30ClF3N4OS. The topological polar surface area (TPSA) is 48.5 Å². The lowest BCUT2D eigenvalue weighted by molar-refractivity contribution is -0.141. The second-order valence-electron chi connectivity index (χ2n) is 10.7. The van der Waals surface area contributed by atoms with Crippen molar-refractivity contribution in [2.45, 2.75) is 30.9 Å². The monoisotopic (exact) mass is 598 g/mol. The van der Waals surface area contributed by atoms with Crippen molar-refractivity contribution in [1.82, 2.24) is 15.2 Å². The van der Waals surface area contributed by atoms with Gasteiger partial charge in [0.1, 0.15) is 12.0 Å². The first kappa shape index (κ1) is 28.0. The lowest BCUT2D eigenvalue weighted by Crippen LogP contribution is -2.47. The van der Waals surface area contributed by atoms with Gasteiger partial charge in [-0.15, -0.1) is 0 Å². The number of hydrogen-bond acceptors (Lipinski definition) is 5. The van der Waals surface area contributed by atoms with Crippen LogP contribution in [0, 0.1) is 0 Å². The Balaban J connectivity index is 1.12. The summed E-state index contributed by atoms with van der Waals surface area (Å²) < 4.78 is 40.4. The minimum absolute atomic E-state index is 0.443. The van der Waals surface area contributed by atoms with E-state index in [1.54, 1.807) is 11.3 Å². The van der Waals surface area contributed by atoms with Crippen LogP contribution >= 0.6 is 22.9 Å². The van der Waals surface area contributed by atoms with Gasteiger partial charge in [-0.3, -0.25) is 9.69 Å². The molecule has 2 aliphatic rings. The summed E-state index contributed by atoms with van der Waals surface area (Å²) >= 11 is 7.80. The van der Waals surface area contributed by atoms with E-state index in [4.69, 9.17) is 16.6 Å². The van der Waals surface area contributed by atoms with Gasteiger partial charge in [-0.25, -0.2) is 4.98 Å². The molecule has 10 heteroatoms. The number of aromatic nitrogens is 1. The van der Waals surface area contributed by atoms with Crippen LogP contribution in [0.3, 0.4) is 0 Å². The maximum absolute atomic E-state index is 13.7. The standard InChI is InChI=1S/C31H30ClF3N4OS/c32-21-11-12-27-26(19-21)37-29(41-27)39-17-15-38(16-18-39)14-6-5-13-30(28(40)36-20-31(33,34)35)24-9-3-1-7-22(24)23-8-2-4-10-25(23)30/h1-4,7-12,19H,5-6,13-18,20H2,(H,36,40). The minimum atomic E-state index is -4.48. The molecule has 0 atom stereocenters. The minimum Gasteiger partial charge on any atom is -0.346 e. The molecule has 2 heterocycles. The van der Waals surface area contributed by atoms with E-state index in [9.17, 15) is 18.0 Å². The number of carbonyl (C=O) groups excluding carboxylic acids is 1. The van der Waals surface area contributed by atoms with E-state index in [-0.39, 0.29) is 0 Å². The van der Waals surface area contributed by atoms with Crippen LogP contribution in [0.4, 0.5) is 18.3 Å². The van der Waals surface area contributed by atoms with Gasteiger partial charge in [0.2, 0.25) is 5.91 Å². The number of rotatable bonds is 8. The molecule has 0 saturated carbocycles. The molecule has 1 aliphatic carbocycles. The van der Waals surface area contributed by atoms with E-state index in [0.29, 0.717) is 17.9 Å². The molecule has 6 rings (SSSR count). The number of thiazole rings is 1. The SMILES string of the molecule is O=C(NCC(F)(F)F)C1(CCCCN2CCN(c3nc4cc(Cl)ccc4s3)CC2)c2ccccc2-c2ccccc21. The number of halogens is 4. The fourth-order valence-corrected chi connectivity index (χ4v) is 7.36. The average molecular weight is 599 g/mol. The summed E-state index contributed by atoms with van der Waals surface area (Å²) in [5, 5.41) is 3.91. The van der Waals surface area contributed by atoms with Crippen LogP contribution in [0.15, 0.2) is 66.7 Å². The number of hydrogen-bond donors (Lipinski definition) is 1. The van der Waals surface area contributed by atoms with E-state index in [1.807, 2.05) is 66.7 Å². The predicted molar refractivity (Wildman–Crippen MR) is 159 cm³/mol. The molecule has 214 valence electrons. The van der Waals surface area contributed by atoms with Crippen LogP contribution < -0.4 is 10.2 Å². The molecule has 1 amide bonds. The van der Waals surface area contributed by atoms with Crippen molar-refractivity contribution in [3.05, 3.63) is 82.9 Å². The van der Waals surface area contributed by atoms with Gasteiger partial charge >= 0.3 is 6.18 Å². The van der Waals surface area contributed by atoms with Crippen LogP contribution in [0.1, 0.15) is 30.4 Å². The molecule has 0 unspecified atom stereocenters. The Labute approximate surface area is 245 Å². The molecule has 0 bridgehead atoms. The maximum Gasteiger partial charge on any atom is 0.405 e. The predicted octanol–water partition coefficient (Wildman–Crippen LogP) is 6.89. The summed E-state index contributed by atoms with van der Waals surface area (Å²) in [6, 6.07) is 21.0. The van der Waals surface area contributed by atoms with Crippen molar-refractivity contribution in [3.8, 4) is 11.1 Å². The van der Waals surface area contributed by atoms with Gasteiger partial charge in [0.25, 0.3) is 0 Å². The smallest absolute Gasteiger partial charge is 0.346 e. The highest BCUT2D eigenvalue weighted by molar-refractivity contribution is 7.22. The molecule has 1 aromatic heterocycles. The van der Waals surface area contributed by atoms with Crippen LogP contribution in [0.5, 0.6) is 0 Å². The van der Waals surface area contributed by atoms with E-state index in [0.717, 1.165) is 76.7 Å². The van der Waals surface area contributed by atoms with Gasteiger partial charge < -0.3 is 10.2 Å². The van der Waals surface area contributed by atoms with Gasteiger partial charge in [0.15, 0.2) is 5.13 Å². The molecule has 5 nitrogen and oxygen atoms in total. The van der Waals surface area contributed by atoms with E-state index >= 15 is 0 Å². The first-order chi connectivity index (χ1) is 19.7. The summed E-state index contributed by atoms with van der Waals surface area (Å²) in [4.78, 5) is 23.1. The summed E-state index contributed by atoms with van der Waals surface area (Å²) in [7, 11) is 0. The van der Waals surface area contributed by atoms with Gasteiger partial charge in [0, 0.05) is 31.2 Å². The summed E-state index contributed by atoms with van der Waals surface area (Å²) in [5.41, 5.74) is 3.17. The highest BCUT2D eigenvalue weighted by Gasteiger charge is 2.49. The molecule has 1 aliphatic heterocycles. The Kier molecular flexibility index (Phi) is 7.70. The first-order valence-electron chi connectivity index (χ1n) is 13.8. The normalized spacial score (nSPS) is 16.5. The molecular weight excluding hydrogens is 569 g/mol. The fraction of sp³-hybridized carbons (Fsp3) is 0.355. The fourth-order valence-electron chi connectivity index (χ4n) is 6.20. The number of benzene rings is 3. The van der Waals surface area contributed by atoms with Gasteiger partial charge in [-0.2, -0.15) is 13.2 Å². The van der Waals surface area contributed by atoms with Crippen molar-refractivity contribution < 1.29 is 18.0 Å². The average Bonchev–Trinajstić information content (AvgIpc) is 3.51. The molecule has 41 heavy (non-hydrogen) atoms. The summed E-state index contributed by atoms with van der Waals surface area (Å²) in [5.74, 6) is -0.585. The Morgan fingerprint density at radius 2 is 1.61 bits per heavy atom. The van der Waals surface area contributed by atoms with Gasteiger partial charge in [-0.1, -0.05) is 77.9 Å². The molecule has 4 aromatic rings. The van der Waals surface area contributed by atoms with Gasteiger partial charge in [-0.05, 0) is 59.8 Å². The lowest BCUT2D eigenvalue weighted by Gasteiger charge is -2.35. The number of alkyl halides is 3. The first-order valence-corrected chi connectivity index (χ1v) is 15.0. The van der Waals surface area contributed by atoms with Crippen molar-refractivity contribution in [1.29, 1.82) is 0 Å². The third kappa shape index (κ3) is 5.55. The van der Waals surface area contributed by atoms with Crippen LogP contribution in [0.2, 0.25) is 5.02 Å². The number of nitrogens with one attached hydrogen (secondary N) is 1. The van der Waals surface area contributed by atoms with Crippen molar-refractivity contribution in [2.75, 3.05) is 44.2 Å². The second kappa shape index (κ2) is 11.3. The Morgan fingerprint density at radius 3 is 2.27 bits per heavy atom. The second-order valence-corrected chi connectivity index (χ2v) is 12.1. The number of carbonyl (C=O) groups is 1. The van der Waals surface area contributed by atoms with E-state index < -0.39 is 24.0 Å². The Bertz CT molecular complexity index is 1520. The molecule has 1 N–H and O–H groups in total. The molecule has 3 aromatic carbocycles. The summed E-state index contributed by atoms with van der Waals surface area (Å²) in [6.45, 7) is 3.08.